The molecular weight excluding hydrogens is 321 g/mol. The highest BCUT2D eigenvalue weighted by atomic mass is 19.1. The molecule has 1 aromatic rings. The number of morpholine rings is 1. The van der Waals surface area contributed by atoms with Gasteiger partial charge >= 0.3 is 6.03 Å². The lowest BCUT2D eigenvalue weighted by molar-refractivity contribution is -0.00539. The fraction of sp³-hybridized carbons (Fsp3) is 0.526. The first-order chi connectivity index (χ1) is 11.8. The SMILES string of the molecule is C=C(C)CN(CC)C(=O)Nc1ccc(N2C[C@@H](C)O[C@H](C)C2)c(F)c1. The van der Waals surface area contributed by atoms with E-state index in [1.807, 2.05) is 32.6 Å². The molecule has 5 nitrogen and oxygen atoms in total. The van der Waals surface area contributed by atoms with E-state index in [0.29, 0.717) is 37.6 Å². The second-order valence-electron chi connectivity index (χ2n) is 6.73. The molecule has 2 atom stereocenters. The molecule has 1 heterocycles. The van der Waals surface area contributed by atoms with Gasteiger partial charge < -0.3 is 19.9 Å². The average Bonchev–Trinajstić information content (AvgIpc) is 2.51. The lowest BCUT2D eigenvalue weighted by Crippen LogP contribution is -2.45. The largest absolute Gasteiger partial charge is 0.372 e. The smallest absolute Gasteiger partial charge is 0.322 e. The summed E-state index contributed by atoms with van der Waals surface area (Å²) in [5.41, 5.74) is 1.88. The molecule has 1 aliphatic heterocycles. The summed E-state index contributed by atoms with van der Waals surface area (Å²) in [6.45, 7) is 13.9. The van der Waals surface area contributed by atoms with Gasteiger partial charge in [-0.15, -0.1) is 0 Å². The number of urea groups is 1. The van der Waals surface area contributed by atoms with Crippen LogP contribution in [0.25, 0.3) is 0 Å². The molecule has 0 saturated carbocycles. The molecule has 6 heteroatoms. The third-order valence-electron chi connectivity index (χ3n) is 4.09. The molecule has 0 aliphatic carbocycles. The van der Waals surface area contributed by atoms with Crippen LogP contribution in [0.15, 0.2) is 30.4 Å². The number of anilines is 2. The molecule has 1 fully saturated rings. The summed E-state index contributed by atoms with van der Waals surface area (Å²) >= 11 is 0. The van der Waals surface area contributed by atoms with Crippen LogP contribution in [0.1, 0.15) is 27.7 Å². The monoisotopic (exact) mass is 349 g/mol. The summed E-state index contributed by atoms with van der Waals surface area (Å²) in [5, 5.41) is 2.75. The highest BCUT2D eigenvalue weighted by Crippen LogP contribution is 2.26. The van der Waals surface area contributed by atoms with E-state index < -0.39 is 0 Å². The zero-order chi connectivity index (χ0) is 18.6. The van der Waals surface area contributed by atoms with E-state index in [2.05, 4.69) is 11.9 Å². The lowest BCUT2D eigenvalue weighted by Gasteiger charge is -2.37. The Balaban J connectivity index is 2.08. The zero-order valence-electron chi connectivity index (χ0n) is 15.5. The summed E-state index contributed by atoms with van der Waals surface area (Å²) in [6, 6.07) is 4.55. The van der Waals surface area contributed by atoms with Crippen molar-refractivity contribution in [3.8, 4) is 0 Å². The molecule has 138 valence electrons. The van der Waals surface area contributed by atoms with E-state index in [1.54, 1.807) is 17.0 Å². The molecule has 1 saturated heterocycles. The first-order valence-corrected chi connectivity index (χ1v) is 8.70. The van der Waals surface area contributed by atoms with E-state index in [0.717, 1.165) is 5.57 Å². The van der Waals surface area contributed by atoms with Gasteiger partial charge in [0.2, 0.25) is 0 Å². The summed E-state index contributed by atoms with van der Waals surface area (Å²) in [7, 11) is 0. The summed E-state index contributed by atoms with van der Waals surface area (Å²) in [4.78, 5) is 15.9. The number of carbonyl (C=O) groups is 1. The summed E-state index contributed by atoms with van der Waals surface area (Å²) in [6.07, 6.45) is 0.116. The molecule has 0 radical (unpaired) electrons. The standard InChI is InChI=1S/C19H28FN3O2/c1-6-22(10-13(2)3)19(24)21-16-7-8-18(17(20)9-16)23-11-14(4)25-15(5)12-23/h7-9,14-15H,2,6,10-12H2,1,3-5H3,(H,21,24)/t14-,15-/m1/s1. The Morgan fingerprint density at radius 3 is 2.56 bits per heavy atom. The van der Waals surface area contributed by atoms with Crippen LogP contribution >= 0.6 is 0 Å². The molecule has 1 N–H and O–H groups in total. The minimum Gasteiger partial charge on any atom is -0.372 e. The van der Waals surface area contributed by atoms with Gasteiger partial charge in [0, 0.05) is 31.9 Å². The van der Waals surface area contributed by atoms with Crippen molar-refractivity contribution in [2.24, 2.45) is 0 Å². The van der Waals surface area contributed by atoms with Crippen LogP contribution in [-0.4, -0.2) is 49.3 Å². The van der Waals surface area contributed by atoms with Gasteiger partial charge in [0.05, 0.1) is 17.9 Å². The Kier molecular flexibility index (Phi) is 6.42. The minimum absolute atomic E-state index is 0.0581. The second-order valence-corrected chi connectivity index (χ2v) is 6.73. The molecule has 0 unspecified atom stereocenters. The first-order valence-electron chi connectivity index (χ1n) is 8.70. The maximum atomic E-state index is 14.6. The summed E-state index contributed by atoms with van der Waals surface area (Å²) < 4.78 is 20.3. The molecule has 0 spiro atoms. The van der Waals surface area contributed by atoms with E-state index in [-0.39, 0.29) is 24.1 Å². The number of halogens is 1. The predicted molar refractivity (Wildman–Crippen MR) is 99.7 cm³/mol. The van der Waals surface area contributed by atoms with Crippen LogP contribution in [0.4, 0.5) is 20.6 Å². The van der Waals surface area contributed by atoms with Crippen LogP contribution in [0.3, 0.4) is 0 Å². The van der Waals surface area contributed by atoms with Gasteiger partial charge in [-0.25, -0.2) is 9.18 Å². The lowest BCUT2D eigenvalue weighted by atomic mass is 10.2. The van der Waals surface area contributed by atoms with Crippen molar-refractivity contribution in [3.63, 3.8) is 0 Å². The van der Waals surface area contributed by atoms with Crippen LogP contribution in [0.5, 0.6) is 0 Å². The van der Waals surface area contributed by atoms with Crippen molar-refractivity contribution >= 4 is 17.4 Å². The number of ether oxygens (including phenoxy) is 1. The summed E-state index contributed by atoms with van der Waals surface area (Å²) in [5.74, 6) is -0.345. The topological polar surface area (TPSA) is 44.8 Å². The van der Waals surface area contributed by atoms with Crippen molar-refractivity contribution in [1.82, 2.24) is 4.90 Å². The minimum atomic E-state index is -0.345. The van der Waals surface area contributed by atoms with Crippen LogP contribution in [0, 0.1) is 5.82 Å². The highest BCUT2D eigenvalue weighted by Gasteiger charge is 2.24. The van der Waals surface area contributed by atoms with Crippen LogP contribution < -0.4 is 10.2 Å². The molecule has 0 aromatic heterocycles. The average molecular weight is 349 g/mol. The van der Waals surface area contributed by atoms with Crippen LogP contribution in [-0.2, 0) is 4.74 Å². The Hall–Kier alpha value is -2.08. The number of likely N-dealkylation sites (N-methyl/N-ethyl adjacent to an activating group) is 1. The van der Waals surface area contributed by atoms with E-state index in [1.165, 1.54) is 6.07 Å². The quantitative estimate of drug-likeness (QED) is 0.821. The first kappa shape index (κ1) is 19.2. The van der Waals surface area contributed by atoms with Gasteiger partial charge in [0.15, 0.2) is 0 Å². The predicted octanol–water partition coefficient (Wildman–Crippen LogP) is 3.87. The van der Waals surface area contributed by atoms with Gasteiger partial charge in [-0.1, -0.05) is 12.2 Å². The van der Waals surface area contributed by atoms with Gasteiger partial charge in [-0.2, -0.15) is 0 Å². The molecule has 1 aromatic carbocycles. The second kappa shape index (κ2) is 8.34. The van der Waals surface area contributed by atoms with Gasteiger partial charge in [0.1, 0.15) is 5.82 Å². The van der Waals surface area contributed by atoms with Crippen molar-refractivity contribution in [1.29, 1.82) is 0 Å². The number of amides is 2. The number of hydrogen-bond donors (Lipinski definition) is 1. The maximum absolute atomic E-state index is 14.6. The number of hydrogen-bond acceptors (Lipinski definition) is 3. The normalized spacial score (nSPS) is 20.3. The third-order valence-corrected chi connectivity index (χ3v) is 4.09. The highest BCUT2D eigenvalue weighted by molar-refractivity contribution is 5.89. The fourth-order valence-corrected chi connectivity index (χ4v) is 3.07. The van der Waals surface area contributed by atoms with Crippen LogP contribution in [0.2, 0.25) is 0 Å². The number of nitrogens with one attached hydrogen (secondary N) is 1. The molecule has 25 heavy (non-hydrogen) atoms. The van der Waals surface area contributed by atoms with Crippen molar-refractivity contribution in [3.05, 3.63) is 36.2 Å². The van der Waals surface area contributed by atoms with Gasteiger partial charge in [-0.3, -0.25) is 0 Å². The number of carbonyl (C=O) groups excluding carboxylic acids is 1. The number of benzene rings is 1. The Morgan fingerprint density at radius 2 is 2.04 bits per heavy atom. The Labute approximate surface area is 149 Å². The molecule has 2 amide bonds. The van der Waals surface area contributed by atoms with Gasteiger partial charge in [0.25, 0.3) is 0 Å². The Morgan fingerprint density at radius 1 is 1.40 bits per heavy atom. The third kappa shape index (κ3) is 5.19. The van der Waals surface area contributed by atoms with Crippen molar-refractivity contribution in [2.45, 2.75) is 39.9 Å². The number of rotatable bonds is 5. The zero-order valence-corrected chi connectivity index (χ0v) is 15.5. The fourth-order valence-electron chi connectivity index (χ4n) is 3.07. The molecular formula is C19H28FN3O2. The molecule has 0 bridgehead atoms. The van der Waals surface area contributed by atoms with E-state index in [4.69, 9.17) is 4.74 Å². The van der Waals surface area contributed by atoms with Crippen molar-refractivity contribution < 1.29 is 13.9 Å². The van der Waals surface area contributed by atoms with Gasteiger partial charge in [-0.05, 0) is 45.9 Å². The number of nitrogens with zero attached hydrogens (tertiary/aromatic N) is 2. The maximum Gasteiger partial charge on any atom is 0.322 e. The molecule has 2 rings (SSSR count). The molecule has 1 aliphatic rings. The van der Waals surface area contributed by atoms with Crippen molar-refractivity contribution in [2.75, 3.05) is 36.4 Å². The Bertz CT molecular complexity index is 625. The van der Waals surface area contributed by atoms with E-state index >= 15 is 0 Å². The van der Waals surface area contributed by atoms with E-state index in [9.17, 15) is 9.18 Å².